The van der Waals surface area contributed by atoms with Crippen LogP contribution in [0.1, 0.15) is 25.2 Å². The highest BCUT2D eigenvalue weighted by atomic mass is 19.4. The number of rotatable bonds is 9. The lowest BCUT2D eigenvalue weighted by Gasteiger charge is -2.13. The molecule has 0 aliphatic rings. The first-order chi connectivity index (χ1) is 13.4. The van der Waals surface area contributed by atoms with Crippen LogP contribution in [0.25, 0.3) is 0 Å². The molecule has 0 aliphatic carbocycles. The minimum Gasteiger partial charge on any atom is -0.492 e. The minimum absolute atomic E-state index is 0.179. The van der Waals surface area contributed by atoms with Gasteiger partial charge in [0.1, 0.15) is 24.5 Å². The summed E-state index contributed by atoms with van der Waals surface area (Å²) in [5, 5.41) is 14.1. The molecule has 0 fully saturated rings. The topological polar surface area (TPSA) is 76.4 Å². The van der Waals surface area contributed by atoms with E-state index in [1.165, 1.54) is 12.1 Å². The Bertz CT molecular complexity index is 760. The van der Waals surface area contributed by atoms with Crippen LogP contribution < -0.4 is 15.4 Å². The highest BCUT2D eigenvalue weighted by molar-refractivity contribution is 5.79. The van der Waals surface area contributed by atoms with Crippen molar-refractivity contribution in [2.75, 3.05) is 26.2 Å². The number of guanidine groups is 1. The molecule has 0 spiro atoms. The van der Waals surface area contributed by atoms with Crippen molar-refractivity contribution < 1.29 is 17.9 Å². The van der Waals surface area contributed by atoms with Crippen molar-refractivity contribution in [3.8, 4) is 5.75 Å². The van der Waals surface area contributed by atoms with Gasteiger partial charge >= 0.3 is 6.18 Å². The van der Waals surface area contributed by atoms with Crippen molar-refractivity contribution in [2.24, 2.45) is 4.99 Å². The summed E-state index contributed by atoms with van der Waals surface area (Å²) in [7, 11) is 0. The molecule has 1 heterocycles. The van der Waals surface area contributed by atoms with Gasteiger partial charge in [0.25, 0.3) is 0 Å². The second-order valence-corrected chi connectivity index (χ2v) is 5.86. The molecule has 28 heavy (non-hydrogen) atoms. The standard InChI is InChI=1S/C18H25F3N6O/c1-3-16-26-25-13-27(16)10-8-23-17(22-4-2)24-9-11-28-15-7-5-6-14(12-15)18(19,20)21/h5-7,12-13H,3-4,8-11H2,1-2H3,(H2,22,23,24). The lowest BCUT2D eigenvalue weighted by atomic mass is 10.2. The summed E-state index contributed by atoms with van der Waals surface area (Å²) < 4.78 is 45.5. The van der Waals surface area contributed by atoms with E-state index in [1.807, 2.05) is 18.4 Å². The predicted molar refractivity (Wildman–Crippen MR) is 100 cm³/mol. The quantitative estimate of drug-likeness (QED) is 0.386. The summed E-state index contributed by atoms with van der Waals surface area (Å²) in [6.45, 7) is 6.45. The van der Waals surface area contributed by atoms with Crippen molar-refractivity contribution >= 4 is 5.96 Å². The van der Waals surface area contributed by atoms with E-state index in [2.05, 4.69) is 25.8 Å². The molecule has 7 nitrogen and oxygen atoms in total. The van der Waals surface area contributed by atoms with Crippen LogP contribution in [0.5, 0.6) is 5.75 Å². The Labute approximate surface area is 162 Å². The highest BCUT2D eigenvalue weighted by Crippen LogP contribution is 2.31. The molecular weight excluding hydrogens is 373 g/mol. The fourth-order valence-electron chi connectivity index (χ4n) is 2.45. The number of halogens is 3. The van der Waals surface area contributed by atoms with Crippen molar-refractivity contribution in [3.63, 3.8) is 0 Å². The van der Waals surface area contributed by atoms with Crippen LogP contribution in [-0.2, 0) is 19.1 Å². The van der Waals surface area contributed by atoms with Crippen LogP contribution in [0.2, 0.25) is 0 Å². The number of nitrogens with one attached hydrogen (secondary N) is 2. The van der Waals surface area contributed by atoms with Gasteiger partial charge in [-0.25, -0.2) is 0 Å². The average molecular weight is 398 g/mol. The van der Waals surface area contributed by atoms with Gasteiger partial charge < -0.3 is 19.9 Å². The molecule has 0 radical (unpaired) electrons. The molecule has 0 unspecified atom stereocenters. The Hall–Kier alpha value is -2.78. The number of aromatic nitrogens is 3. The van der Waals surface area contributed by atoms with Crippen LogP contribution in [0.15, 0.2) is 35.6 Å². The lowest BCUT2D eigenvalue weighted by molar-refractivity contribution is -0.137. The second kappa shape index (κ2) is 10.5. The molecule has 1 aromatic carbocycles. The SMILES string of the molecule is CCNC(=NCCn1cnnc1CC)NCCOc1cccc(C(F)(F)F)c1. The van der Waals surface area contributed by atoms with Gasteiger partial charge in [-0.15, -0.1) is 10.2 Å². The van der Waals surface area contributed by atoms with E-state index < -0.39 is 11.7 Å². The summed E-state index contributed by atoms with van der Waals surface area (Å²) in [5.41, 5.74) is -0.728. The van der Waals surface area contributed by atoms with Gasteiger partial charge in [-0.05, 0) is 25.1 Å². The molecule has 2 aromatic rings. The Morgan fingerprint density at radius 1 is 1.25 bits per heavy atom. The molecule has 0 aliphatic heterocycles. The first-order valence-corrected chi connectivity index (χ1v) is 9.13. The summed E-state index contributed by atoms with van der Waals surface area (Å²) >= 11 is 0. The van der Waals surface area contributed by atoms with E-state index >= 15 is 0 Å². The first kappa shape index (κ1) is 21.5. The highest BCUT2D eigenvalue weighted by Gasteiger charge is 2.30. The van der Waals surface area contributed by atoms with E-state index in [0.29, 0.717) is 32.1 Å². The maximum Gasteiger partial charge on any atom is 0.416 e. The number of benzene rings is 1. The van der Waals surface area contributed by atoms with Crippen molar-refractivity contribution in [3.05, 3.63) is 42.0 Å². The van der Waals surface area contributed by atoms with Crippen molar-refractivity contribution in [2.45, 2.75) is 33.0 Å². The average Bonchev–Trinajstić information content (AvgIpc) is 3.12. The fourth-order valence-corrected chi connectivity index (χ4v) is 2.45. The molecule has 0 bridgehead atoms. The molecule has 10 heteroatoms. The number of alkyl halides is 3. The zero-order chi connectivity index (χ0) is 20.4. The van der Waals surface area contributed by atoms with Crippen LogP contribution in [0.4, 0.5) is 13.2 Å². The second-order valence-electron chi connectivity index (χ2n) is 5.86. The molecule has 1 aromatic heterocycles. The number of nitrogens with zero attached hydrogens (tertiary/aromatic N) is 4. The van der Waals surface area contributed by atoms with E-state index in [-0.39, 0.29) is 12.4 Å². The summed E-state index contributed by atoms with van der Waals surface area (Å²) in [5.74, 6) is 1.70. The van der Waals surface area contributed by atoms with Gasteiger partial charge in [-0.3, -0.25) is 4.99 Å². The Morgan fingerprint density at radius 2 is 2.07 bits per heavy atom. The minimum atomic E-state index is -4.38. The smallest absolute Gasteiger partial charge is 0.416 e. The van der Waals surface area contributed by atoms with Gasteiger partial charge in [-0.2, -0.15) is 13.2 Å². The Morgan fingerprint density at radius 3 is 2.79 bits per heavy atom. The normalized spacial score (nSPS) is 12.1. The van der Waals surface area contributed by atoms with Gasteiger partial charge in [-0.1, -0.05) is 13.0 Å². The third-order valence-corrected chi connectivity index (χ3v) is 3.79. The largest absolute Gasteiger partial charge is 0.492 e. The molecule has 0 saturated carbocycles. The Kier molecular flexibility index (Phi) is 8.09. The maximum atomic E-state index is 12.7. The fraction of sp³-hybridized carbons (Fsp3) is 0.500. The lowest BCUT2D eigenvalue weighted by Crippen LogP contribution is -2.39. The van der Waals surface area contributed by atoms with E-state index in [0.717, 1.165) is 24.4 Å². The van der Waals surface area contributed by atoms with Gasteiger partial charge in [0.2, 0.25) is 0 Å². The van der Waals surface area contributed by atoms with Crippen LogP contribution in [-0.4, -0.2) is 47.0 Å². The molecule has 2 N–H and O–H groups in total. The monoisotopic (exact) mass is 398 g/mol. The molecule has 2 rings (SSSR count). The summed E-state index contributed by atoms with van der Waals surface area (Å²) in [6.07, 6.45) is -1.91. The zero-order valence-corrected chi connectivity index (χ0v) is 16.0. The molecule has 0 amide bonds. The van der Waals surface area contributed by atoms with E-state index in [9.17, 15) is 13.2 Å². The van der Waals surface area contributed by atoms with E-state index in [4.69, 9.17) is 4.74 Å². The summed E-state index contributed by atoms with van der Waals surface area (Å²) in [6, 6.07) is 4.83. The van der Waals surface area contributed by atoms with Crippen LogP contribution in [0, 0.1) is 0 Å². The third kappa shape index (κ3) is 6.75. The molecule has 0 saturated heterocycles. The van der Waals surface area contributed by atoms with Gasteiger partial charge in [0, 0.05) is 19.5 Å². The molecule has 0 atom stereocenters. The third-order valence-electron chi connectivity index (χ3n) is 3.79. The number of aliphatic imine (C=N–C) groups is 1. The molecule has 154 valence electrons. The number of hydrogen-bond acceptors (Lipinski definition) is 4. The summed E-state index contributed by atoms with van der Waals surface area (Å²) in [4.78, 5) is 4.47. The van der Waals surface area contributed by atoms with E-state index in [1.54, 1.807) is 6.33 Å². The number of aryl methyl sites for hydroxylation is 1. The molecular formula is C18H25F3N6O. The van der Waals surface area contributed by atoms with Gasteiger partial charge in [0.15, 0.2) is 5.96 Å². The number of hydrogen-bond donors (Lipinski definition) is 2. The van der Waals surface area contributed by atoms with Crippen LogP contribution >= 0.6 is 0 Å². The predicted octanol–water partition coefficient (Wildman–Crippen LogP) is 2.49. The zero-order valence-electron chi connectivity index (χ0n) is 16.0. The Balaban J connectivity index is 1.80. The van der Waals surface area contributed by atoms with Crippen molar-refractivity contribution in [1.29, 1.82) is 0 Å². The van der Waals surface area contributed by atoms with Gasteiger partial charge in [0.05, 0.1) is 18.7 Å². The maximum absolute atomic E-state index is 12.7. The number of ether oxygens (including phenoxy) is 1. The first-order valence-electron chi connectivity index (χ1n) is 9.13. The van der Waals surface area contributed by atoms with Crippen LogP contribution in [0.3, 0.4) is 0 Å². The van der Waals surface area contributed by atoms with Crippen molar-refractivity contribution in [1.82, 2.24) is 25.4 Å².